The van der Waals surface area contributed by atoms with Crippen LogP contribution in [0.5, 0.6) is 11.5 Å². The van der Waals surface area contributed by atoms with Crippen LogP contribution in [0.2, 0.25) is 0 Å². The van der Waals surface area contributed by atoms with Crippen molar-refractivity contribution in [2.24, 2.45) is 0 Å². The molecule has 3 rings (SSSR count). The molecule has 2 aromatic rings. The molecule has 0 fully saturated rings. The smallest absolute Gasteiger partial charge is 0.317 e. The van der Waals surface area contributed by atoms with Crippen LogP contribution in [-0.4, -0.2) is 43.2 Å². The summed E-state index contributed by atoms with van der Waals surface area (Å²) in [4.78, 5) is 27.9. The Kier molecular flexibility index (Phi) is 3.62. The monoisotopic (exact) mass is 303 g/mol. The fourth-order valence-corrected chi connectivity index (χ4v) is 2.25. The fraction of sp³-hybridized carbons (Fsp3) is 0.333. The van der Waals surface area contributed by atoms with E-state index < -0.39 is 0 Å². The van der Waals surface area contributed by atoms with E-state index in [9.17, 15) is 9.59 Å². The summed E-state index contributed by atoms with van der Waals surface area (Å²) in [5, 5.41) is 3.51. The predicted molar refractivity (Wildman–Crippen MR) is 81.5 cm³/mol. The third-order valence-electron chi connectivity index (χ3n) is 3.42. The minimum Gasteiger partial charge on any atom is -0.486 e. The number of rotatable bonds is 2. The number of hydrogen-bond acceptors (Lipinski definition) is 4. The number of carbonyl (C=O) groups is 1. The Morgan fingerprint density at radius 2 is 1.91 bits per heavy atom. The molecule has 0 saturated carbocycles. The first kappa shape index (κ1) is 14.2. The normalized spacial score (nSPS) is 13.0. The second kappa shape index (κ2) is 5.59. The fourth-order valence-electron chi connectivity index (χ4n) is 2.25. The third kappa shape index (κ3) is 2.69. The summed E-state index contributed by atoms with van der Waals surface area (Å²) in [5.74, 6) is 1.29. The molecule has 0 spiro atoms. The molecule has 7 heteroatoms. The van der Waals surface area contributed by atoms with Gasteiger partial charge in [-0.3, -0.25) is 4.79 Å². The van der Waals surface area contributed by atoms with E-state index >= 15 is 0 Å². The van der Waals surface area contributed by atoms with Gasteiger partial charge in [0.25, 0.3) is 5.56 Å². The van der Waals surface area contributed by atoms with Gasteiger partial charge in [0.05, 0.1) is 5.52 Å². The minimum atomic E-state index is -0.248. The van der Waals surface area contributed by atoms with Crippen molar-refractivity contribution in [2.45, 2.75) is 6.54 Å². The number of urea groups is 1. The van der Waals surface area contributed by atoms with Gasteiger partial charge in [0.2, 0.25) is 0 Å². The number of fused-ring (bicyclic) bond motifs is 2. The zero-order valence-electron chi connectivity index (χ0n) is 12.4. The summed E-state index contributed by atoms with van der Waals surface area (Å²) in [6.07, 6.45) is 0. The van der Waals surface area contributed by atoms with Crippen molar-refractivity contribution < 1.29 is 14.3 Å². The van der Waals surface area contributed by atoms with Crippen molar-refractivity contribution in [3.63, 3.8) is 0 Å². The van der Waals surface area contributed by atoms with E-state index in [1.807, 2.05) is 6.07 Å². The minimum absolute atomic E-state index is 0.163. The van der Waals surface area contributed by atoms with Crippen molar-refractivity contribution in [3.05, 3.63) is 34.1 Å². The number of nitrogens with zero attached hydrogens (tertiary/aromatic N) is 1. The maximum atomic E-state index is 12.1. The molecule has 116 valence electrons. The standard InChI is InChI=1S/C15H17N3O4/c1-18(2)15(20)16-8-10-5-9-6-12-13(22-4-3-21-12)7-11(9)17-14(10)19/h5-7H,3-4,8H2,1-2H3,(H,16,20)(H,17,19). The maximum absolute atomic E-state index is 12.1. The Hall–Kier alpha value is -2.70. The first-order valence-electron chi connectivity index (χ1n) is 6.95. The highest BCUT2D eigenvalue weighted by atomic mass is 16.6. The molecule has 0 saturated heterocycles. The van der Waals surface area contributed by atoms with Crippen LogP contribution in [0.3, 0.4) is 0 Å². The Morgan fingerprint density at radius 1 is 1.23 bits per heavy atom. The van der Waals surface area contributed by atoms with E-state index in [1.165, 1.54) is 4.90 Å². The van der Waals surface area contributed by atoms with Crippen molar-refractivity contribution >= 4 is 16.9 Å². The van der Waals surface area contributed by atoms with E-state index in [4.69, 9.17) is 9.47 Å². The molecule has 2 amide bonds. The van der Waals surface area contributed by atoms with Gasteiger partial charge in [-0.05, 0) is 12.1 Å². The van der Waals surface area contributed by atoms with E-state index in [0.717, 1.165) is 5.39 Å². The van der Waals surface area contributed by atoms with Gasteiger partial charge in [-0.2, -0.15) is 0 Å². The molecule has 0 bridgehead atoms. The molecule has 1 aromatic heterocycles. The Labute approximate surface area is 126 Å². The van der Waals surface area contributed by atoms with Crippen LogP contribution < -0.4 is 20.3 Å². The van der Waals surface area contributed by atoms with Crippen LogP contribution >= 0.6 is 0 Å². The number of nitrogens with one attached hydrogen (secondary N) is 2. The van der Waals surface area contributed by atoms with Gasteiger partial charge in [0.15, 0.2) is 11.5 Å². The number of aromatic nitrogens is 1. The second-order valence-corrected chi connectivity index (χ2v) is 5.26. The lowest BCUT2D eigenvalue weighted by molar-refractivity contribution is 0.172. The van der Waals surface area contributed by atoms with Crippen molar-refractivity contribution in [1.82, 2.24) is 15.2 Å². The second-order valence-electron chi connectivity index (χ2n) is 5.26. The molecule has 1 aliphatic heterocycles. The molecular formula is C15H17N3O4. The average molecular weight is 303 g/mol. The van der Waals surface area contributed by atoms with Crippen LogP contribution in [0.15, 0.2) is 23.0 Å². The number of H-pyrrole nitrogens is 1. The summed E-state index contributed by atoms with van der Waals surface area (Å²) in [7, 11) is 3.28. The highest BCUT2D eigenvalue weighted by Gasteiger charge is 2.14. The van der Waals surface area contributed by atoms with Crippen LogP contribution in [0, 0.1) is 0 Å². The number of aromatic amines is 1. The summed E-state index contributed by atoms with van der Waals surface area (Å²) >= 11 is 0. The lowest BCUT2D eigenvalue weighted by Gasteiger charge is -2.19. The molecule has 2 heterocycles. The van der Waals surface area contributed by atoms with E-state index in [0.29, 0.717) is 35.8 Å². The Morgan fingerprint density at radius 3 is 2.59 bits per heavy atom. The van der Waals surface area contributed by atoms with Gasteiger partial charge >= 0.3 is 6.03 Å². The van der Waals surface area contributed by atoms with Crippen molar-refractivity contribution in [1.29, 1.82) is 0 Å². The van der Waals surface area contributed by atoms with E-state index in [-0.39, 0.29) is 18.1 Å². The zero-order valence-corrected chi connectivity index (χ0v) is 12.4. The lowest BCUT2D eigenvalue weighted by Crippen LogP contribution is -2.35. The number of carbonyl (C=O) groups excluding carboxylic acids is 1. The predicted octanol–water partition coefficient (Wildman–Crippen LogP) is 1.07. The molecule has 22 heavy (non-hydrogen) atoms. The molecule has 0 aliphatic carbocycles. The van der Waals surface area contributed by atoms with Gasteiger partial charge in [-0.1, -0.05) is 0 Å². The number of ether oxygens (including phenoxy) is 2. The molecule has 7 nitrogen and oxygen atoms in total. The van der Waals surface area contributed by atoms with Crippen LogP contribution in [0.1, 0.15) is 5.56 Å². The van der Waals surface area contributed by atoms with Gasteiger partial charge in [-0.25, -0.2) is 4.79 Å². The van der Waals surface area contributed by atoms with Gasteiger partial charge in [-0.15, -0.1) is 0 Å². The van der Waals surface area contributed by atoms with Crippen molar-refractivity contribution in [2.75, 3.05) is 27.3 Å². The van der Waals surface area contributed by atoms with Crippen LogP contribution in [0.25, 0.3) is 10.9 Å². The Balaban J connectivity index is 1.93. The maximum Gasteiger partial charge on any atom is 0.317 e. The third-order valence-corrected chi connectivity index (χ3v) is 3.42. The molecule has 0 unspecified atom stereocenters. The van der Waals surface area contributed by atoms with Gasteiger partial charge < -0.3 is 24.7 Å². The topological polar surface area (TPSA) is 83.7 Å². The summed E-state index contributed by atoms with van der Waals surface area (Å²) in [6.45, 7) is 1.17. The molecule has 2 N–H and O–H groups in total. The van der Waals surface area contributed by atoms with E-state index in [1.54, 1.807) is 26.2 Å². The molecule has 1 aliphatic rings. The average Bonchev–Trinajstić information content (AvgIpc) is 2.50. The highest BCUT2D eigenvalue weighted by molar-refractivity contribution is 5.83. The largest absolute Gasteiger partial charge is 0.486 e. The lowest BCUT2D eigenvalue weighted by atomic mass is 10.1. The molecule has 0 radical (unpaired) electrons. The molecular weight excluding hydrogens is 286 g/mol. The summed E-state index contributed by atoms with van der Waals surface area (Å²) < 4.78 is 11.0. The number of pyridine rings is 1. The Bertz CT molecular complexity index is 782. The first-order chi connectivity index (χ1) is 10.5. The van der Waals surface area contributed by atoms with Gasteiger partial charge in [0.1, 0.15) is 13.2 Å². The highest BCUT2D eigenvalue weighted by Crippen LogP contribution is 2.33. The number of benzene rings is 1. The molecule has 1 aromatic carbocycles. The quantitative estimate of drug-likeness (QED) is 0.869. The zero-order chi connectivity index (χ0) is 15.7. The SMILES string of the molecule is CN(C)C(=O)NCc1cc2cc3c(cc2[nH]c1=O)OCCO3. The summed E-state index contributed by atoms with van der Waals surface area (Å²) in [5.41, 5.74) is 0.930. The van der Waals surface area contributed by atoms with Gasteiger partial charge in [0, 0.05) is 37.7 Å². The number of amides is 2. The number of hydrogen-bond donors (Lipinski definition) is 2. The van der Waals surface area contributed by atoms with E-state index in [2.05, 4.69) is 10.3 Å². The van der Waals surface area contributed by atoms with Crippen LogP contribution in [0.4, 0.5) is 4.79 Å². The van der Waals surface area contributed by atoms with Crippen molar-refractivity contribution in [3.8, 4) is 11.5 Å². The summed E-state index contributed by atoms with van der Waals surface area (Å²) in [6, 6.07) is 5.09. The molecule has 0 atom stereocenters. The van der Waals surface area contributed by atoms with Crippen LogP contribution in [-0.2, 0) is 6.54 Å². The first-order valence-corrected chi connectivity index (χ1v) is 6.95.